The van der Waals surface area contributed by atoms with Gasteiger partial charge in [0.1, 0.15) is 4.75 Å². The van der Waals surface area contributed by atoms with Crippen LogP contribution in [0.25, 0.3) is 0 Å². The van der Waals surface area contributed by atoms with Crippen LogP contribution in [0.5, 0.6) is 0 Å². The molecule has 0 aliphatic carbocycles. The molecule has 0 amide bonds. The maximum absolute atomic E-state index is 13.5. The van der Waals surface area contributed by atoms with Crippen molar-refractivity contribution < 1.29 is 26.5 Å². The highest BCUT2D eigenvalue weighted by Crippen LogP contribution is 2.37. The number of hydrogen-bond donors (Lipinski definition) is 1. The molecule has 3 atom stereocenters. The summed E-state index contributed by atoms with van der Waals surface area (Å²) in [7, 11) is 1.38. The molecule has 1 N–H and O–H groups in total. The number of likely N-dealkylation sites (tertiary alicyclic amines) is 1. The second-order valence-electron chi connectivity index (χ2n) is 6.38. The first-order valence-corrected chi connectivity index (χ1v) is 7.72. The first-order valence-electron chi connectivity index (χ1n) is 6.57. The van der Waals surface area contributed by atoms with Crippen molar-refractivity contribution in [3.05, 3.63) is 0 Å². The van der Waals surface area contributed by atoms with Crippen LogP contribution < -0.4 is 4.72 Å². The maximum atomic E-state index is 13.5. The predicted molar refractivity (Wildman–Crippen MR) is 71.5 cm³/mol. The highest BCUT2D eigenvalue weighted by atomic mass is 32.2. The number of nitrogens with one attached hydrogen (secondary N) is 1. The summed E-state index contributed by atoms with van der Waals surface area (Å²) >= 11 is -2.00. The molecule has 1 aliphatic heterocycles. The van der Waals surface area contributed by atoms with E-state index in [-0.39, 0.29) is 6.54 Å². The summed E-state index contributed by atoms with van der Waals surface area (Å²) in [5.41, 5.74) is 0. The molecule has 1 saturated heterocycles. The maximum Gasteiger partial charge on any atom is 0.409 e. The van der Waals surface area contributed by atoms with Crippen molar-refractivity contribution in [1.29, 1.82) is 0 Å². The highest BCUT2D eigenvalue weighted by molar-refractivity contribution is 7.90. The number of likely N-dealkylation sites (N-methyl/N-ethyl adjacent to an activating group) is 1. The average molecular weight is 336 g/mol. The second kappa shape index (κ2) is 6.17. The zero-order chi connectivity index (χ0) is 16.6. The summed E-state index contributed by atoms with van der Waals surface area (Å²) in [5, 5.41) is 0. The fourth-order valence-electron chi connectivity index (χ4n) is 2.10. The molecule has 1 heterocycles. The van der Waals surface area contributed by atoms with Crippen molar-refractivity contribution in [2.75, 3.05) is 13.6 Å². The van der Waals surface area contributed by atoms with Crippen LogP contribution in [0.15, 0.2) is 0 Å². The zero-order valence-corrected chi connectivity index (χ0v) is 13.2. The van der Waals surface area contributed by atoms with E-state index in [1.54, 1.807) is 0 Å². The molecule has 3 unspecified atom stereocenters. The summed E-state index contributed by atoms with van der Waals surface area (Å²) in [6.45, 7) is 4.42. The summed E-state index contributed by atoms with van der Waals surface area (Å²) < 4.78 is 79.5. The lowest BCUT2D eigenvalue weighted by Gasteiger charge is -2.42. The molecule has 126 valence electrons. The van der Waals surface area contributed by atoms with E-state index in [9.17, 15) is 26.5 Å². The molecule has 0 aromatic carbocycles. The lowest BCUT2D eigenvalue weighted by atomic mass is 9.93. The van der Waals surface area contributed by atoms with E-state index in [2.05, 4.69) is 0 Å². The molecule has 21 heavy (non-hydrogen) atoms. The summed E-state index contributed by atoms with van der Waals surface area (Å²) in [5.74, 6) is -3.13. The molecular weight excluding hydrogens is 315 g/mol. The molecule has 1 rings (SSSR count). The minimum absolute atomic E-state index is 0.131. The Balaban J connectivity index is 2.97. The van der Waals surface area contributed by atoms with E-state index in [0.717, 1.165) is 0 Å². The third-order valence-electron chi connectivity index (χ3n) is 3.43. The fraction of sp³-hybridized carbons (Fsp3) is 1.00. The second-order valence-corrected chi connectivity index (χ2v) is 8.37. The van der Waals surface area contributed by atoms with Gasteiger partial charge in [0.15, 0.2) is 6.04 Å². The van der Waals surface area contributed by atoms with Gasteiger partial charge in [0.25, 0.3) is 5.92 Å². The Morgan fingerprint density at radius 2 is 1.81 bits per heavy atom. The molecule has 1 aliphatic rings. The number of rotatable bonds is 3. The lowest BCUT2D eigenvalue weighted by molar-refractivity contribution is -0.180. The van der Waals surface area contributed by atoms with Gasteiger partial charge in [0.2, 0.25) is 0 Å². The Hall–Kier alpha value is -0.120. The van der Waals surface area contributed by atoms with Crippen LogP contribution in [0, 0.1) is 0 Å². The Morgan fingerprint density at radius 1 is 1.29 bits per heavy atom. The van der Waals surface area contributed by atoms with Gasteiger partial charge in [-0.15, -0.1) is 4.72 Å². The molecule has 0 spiro atoms. The molecule has 0 bridgehead atoms. The minimum Gasteiger partial charge on any atom is -0.598 e. The number of nitrogens with zero attached hydrogens (tertiary/aromatic N) is 1. The zero-order valence-electron chi connectivity index (χ0n) is 12.4. The van der Waals surface area contributed by atoms with Crippen molar-refractivity contribution in [1.82, 2.24) is 9.62 Å². The van der Waals surface area contributed by atoms with Crippen LogP contribution in [0.3, 0.4) is 0 Å². The van der Waals surface area contributed by atoms with Gasteiger partial charge < -0.3 is 9.45 Å². The van der Waals surface area contributed by atoms with Crippen molar-refractivity contribution in [2.24, 2.45) is 0 Å². The van der Waals surface area contributed by atoms with Gasteiger partial charge in [-0.3, -0.25) is 0 Å². The van der Waals surface area contributed by atoms with Crippen LogP contribution in [-0.2, 0) is 11.4 Å². The highest BCUT2D eigenvalue weighted by Gasteiger charge is 2.54. The molecule has 3 nitrogen and oxygen atoms in total. The van der Waals surface area contributed by atoms with E-state index in [1.165, 1.54) is 32.7 Å². The van der Waals surface area contributed by atoms with Crippen molar-refractivity contribution in [2.45, 2.75) is 62.5 Å². The topological polar surface area (TPSA) is 38.3 Å². The molecular formula is C12H21F5N2OS. The standard InChI is InChI=1S/C12H21F5N2OS/c1-10(2,3)21(20)18-9(12(15,16)17)8-7-11(13,14)5-6-19(8)4/h8-9,18H,5-7H2,1-4H3. The molecule has 0 radical (unpaired) electrons. The molecule has 1 fully saturated rings. The van der Waals surface area contributed by atoms with E-state index in [1.807, 2.05) is 4.72 Å². The third-order valence-corrected chi connectivity index (χ3v) is 5.01. The quantitative estimate of drug-likeness (QED) is 0.636. The Kier molecular flexibility index (Phi) is 5.56. The number of alkyl halides is 5. The first kappa shape index (κ1) is 18.9. The largest absolute Gasteiger partial charge is 0.598 e. The van der Waals surface area contributed by atoms with Gasteiger partial charge in [0, 0.05) is 36.8 Å². The van der Waals surface area contributed by atoms with Crippen LogP contribution in [-0.4, -0.2) is 52.0 Å². The first-order chi connectivity index (χ1) is 9.24. The van der Waals surface area contributed by atoms with Gasteiger partial charge in [0.05, 0.1) is 0 Å². The number of piperidine rings is 1. The number of hydrogen-bond acceptors (Lipinski definition) is 3. The molecule has 0 saturated carbocycles. The van der Waals surface area contributed by atoms with Crippen molar-refractivity contribution >= 4 is 11.4 Å². The lowest BCUT2D eigenvalue weighted by Crippen LogP contribution is -2.62. The van der Waals surface area contributed by atoms with Crippen LogP contribution in [0.2, 0.25) is 0 Å². The Bertz CT molecular complexity index is 359. The Morgan fingerprint density at radius 3 is 2.24 bits per heavy atom. The van der Waals surface area contributed by atoms with Gasteiger partial charge in [-0.1, -0.05) is 0 Å². The monoisotopic (exact) mass is 336 g/mol. The van der Waals surface area contributed by atoms with E-state index in [0.29, 0.717) is 0 Å². The predicted octanol–water partition coefficient (Wildman–Crippen LogP) is 2.70. The number of halogens is 5. The van der Waals surface area contributed by atoms with E-state index in [4.69, 9.17) is 0 Å². The van der Waals surface area contributed by atoms with E-state index >= 15 is 0 Å². The molecule has 9 heteroatoms. The average Bonchev–Trinajstić information content (AvgIpc) is 2.26. The third kappa shape index (κ3) is 5.22. The molecule has 0 aromatic heterocycles. The van der Waals surface area contributed by atoms with Gasteiger partial charge in [-0.2, -0.15) is 13.2 Å². The van der Waals surface area contributed by atoms with E-state index < -0.39 is 53.1 Å². The fourth-order valence-corrected chi connectivity index (χ4v) is 2.97. The summed E-state index contributed by atoms with van der Waals surface area (Å²) in [6, 6.07) is -3.70. The van der Waals surface area contributed by atoms with Crippen molar-refractivity contribution in [3.63, 3.8) is 0 Å². The van der Waals surface area contributed by atoms with Crippen LogP contribution in [0.4, 0.5) is 22.0 Å². The van der Waals surface area contributed by atoms with Crippen LogP contribution in [0.1, 0.15) is 33.6 Å². The minimum atomic E-state index is -4.76. The smallest absolute Gasteiger partial charge is 0.409 e. The van der Waals surface area contributed by atoms with Gasteiger partial charge in [-0.05, 0) is 27.8 Å². The normalized spacial score (nSPS) is 27.4. The van der Waals surface area contributed by atoms with Gasteiger partial charge in [-0.25, -0.2) is 8.78 Å². The summed E-state index contributed by atoms with van der Waals surface area (Å²) in [4.78, 5) is 1.25. The summed E-state index contributed by atoms with van der Waals surface area (Å²) in [6.07, 6.45) is -6.12. The van der Waals surface area contributed by atoms with Gasteiger partial charge >= 0.3 is 6.18 Å². The Labute approximate surface area is 124 Å². The van der Waals surface area contributed by atoms with Crippen LogP contribution >= 0.6 is 0 Å². The SMILES string of the molecule is CN1CCC(F)(F)CC1C(N[S+]([O-])C(C)(C)C)C(F)(F)F. The van der Waals surface area contributed by atoms with Crippen molar-refractivity contribution in [3.8, 4) is 0 Å². The molecule has 0 aromatic rings.